The minimum absolute atomic E-state index is 0.132. The summed E-state index contributed by atoms with van der Waals surface area (Å²) in [6.45, 7) is 5.84. The standard InChI is InChI=1S/C17H19NOS/c1-3-11-20-17-10-5-4-9-16(17)18-13(2)14-7-6-8-15(19)12-14/h3-10,12-13,18-19H,1,11H2,2H3. The highest BCUT2D eigenvalue weighted by atomic mass is 32.2. The Balaban J connectivity index is 2.15. The third kappa shape index (κ3) is 3.81. The molecule has 0 aliphatic heterocycles. The van der Waals surface area contributed by atoms with E-state index >= 15 is 0 Å². The van der Waals surface area contributed by atoms with Gasteiger partial charge in [0, 0.05) is 22.4 Å². The van der Waals surface area contributed by atoms with Gasteiger partial charge in [-0.15, -0.1) is 18.3 Å². The van der Waals surface area contributed by atoms with Gasteiger partial charge in [0.2, 0.25) is 0 Å². The second kappa shape index (κ2) is 7.06. The summed E-state index contributed by atoms with van der Waals surface area (Å²) < 4.78 is 0. The van der Waals surface area contributed by atoms with Crippen LogP contribution in [0.25, 0.3) is 0 Å². The van der Waals surface area contributed by atoms with Crippen molar-refractivity contribution in [2.75, 3.05) is 11.1 Å². The van der Waals surface area contributed by atoms with E-state index in [0.717, 1.165) is 17.0 Å². The molecule has 3 heteroatoms. The minimum atomic E-state index is 0.132. The lowest BCUT2D eigenvalue weighted by atomic mass is 10.1. The molecule has 0 radical (unpaired) electrons. The van der Waals surface area contributed by atoms with Crippen molar-refractivity contribution in [3.8, 4) is 5.75 Å². The van der Waals surface area contributed by atoms with Crippen molar-refractivity contribution in [1.82, 2.24) is 0 Å². The van der Waals surface area contributed by atoms with E-state index in [-0.39, 0.29) is 6.04 Å². The Morgan fingerprint density at radius 2 is 2.05 bits per heavy atom. The van der Waals surface area contributed by atoms with Gasteiger partial charge in [0.1, 0.15) is 5.75 Å². The molecule has 2 aromatic carbocycles. The van der Waals surface area contributed by atoms with Crippen LogP contribution in [0.2, 0.25) is 0 Å². The van der Waals surface area contributed by atoms with Crippen LogP contribution in [0, 0.1) is 0 Å². The third-order valence-corrected chi connectivity index (χ3v) is 4.06. The highest BCUT2D eigenvalue weighted by Crippen LogP contribution is 2.30. The first kappa shape index (κ1) is 14.5. The van der Waals surface area contributed by atoms with E-state index in [0.29, 0.717) is 5.75 Å². The number of rotatable bonds is 6. The summed E-state index contributed by atoms with van der Waals surface area (Å²) in [7, 11) is 0. The van der Waals surface area contributed by atoms with Gasteiger partial charge < -0.3 is 10.4 Å². The van der Waals surface area contributed by atoms with Gasteiger partial charge in [-0.25, -0.2) is 0 Å². The normalized spacial score (nSPS) is 11.8. The fourth-order valence-electron chi connectivity index (χ4n) is 1.97. The zero-order valence-corrected chi connectivity index (χ0v) is 12.4. The molecule has 2 N–H and O–H groups in total. The van der Waals surface area contributed by atoms with E-state index in [1.165, 1.54) is 4.90 Å². The van der Waals surface area contributed by atoms with E-state index in [1.807, 2.05) is 30.3 Å². The molecule has 0 aliphatic carbocycles. The number of anilines is 1. The molecule has 104 valence electrons. The van der Waals surface area contributed by atoms with E-state index in [9.17, 15) is 5.11 Å². The number of nitrogens with one attached hydrogen (secondary N) is 1. The number of phenolic OH excluding ortho intramolecular Hbond substituents is 1. The first-order valence-corrected chi connectivity index (χ1v) is 7.57. The Bertz CT molecular complexity index is 583. The quantitative estimate of drug-likeness (QED) is 0.588. The Hall–Kier alpha value is -1.87. The first-order chi connectivity index (χ1) is 9.70. The van der Waals surface area contributed by atoms with Crippen LogP contribution in [-0.2, 0) is 0 Å². The summed E-state index contributed by atoms with van der Waals surface area (Å²) in [4.78, 5) is 1.21. The van der Waals surface area contributed by atoms with Gasteiger partial charge in [0.15, 0.2) is 0 Å². The lowest BCUT2D eigenvalue weighted by Crippen LogP contribution is -2.07. The maximum absolute atomic E-state index is 9.56. The van der Waals surface area contributed by atoms with Gasteiger partial charge in [-0.3, -0.25) is 0 Å². The number of aromatic hydroxyl groups is 1. The van der Waals surface area contributed by atoms with Crippen LogP contribution < -0.4 is 5.32 Å². The minimum Gasteiger partial charge on any atom is -0.508 e. The monoisotopic (exact) mass is 285 g/mol. The molecule has 0 spiro atoms. The topological polar surface area (TPSA) is 32.3 Å². The number of thioether (sulfide) groups is 1. The Labute approximate surface area is 124 Å². The number of benzene rings is 2. The summed E-state index contributed by atoms with van der Waals surface area (Å²) in [5.74, 6) is 1.18. The fraction of sp³-hybridized carbons (Fsp3) is 0.176. The summed E-state index contributed by atoms with van der Waals surface area (Å²) in [5, 5.41) is 13.1. The van der Waals surface area contributed by atoms with Gasteiger partial charge in [-0.2, -0.15) is 0 Å². The van der Waals surface area contributed by atoms with E-state index in [1.54, 1.807) is 23.9 Å². The molecular formula is C17H19NOS. The maximum Gasteiger partial charge on any atom is 0.115 e. The van der Waals surface area contributed by atoms with Crippen LogP contribution in [0.1, 0.15) is 18.5 Å². The lowest BCUT2D eigenvalue weighted by molar-refractivity contribution is 0.474. The van der Waals surface area contributed by atoms with Gasteiger partial charge in [0.25, 0.3) is 0 Å². The van der Waals surface area contributed by atoms with Crippen molar-refractivity contribution in [3.63, 3.8) is 0 Å². The maximum atomic E-state index is 9.56. The lowest BCUT2D eigenvalue weighted by Gasteiger charge is -2.18. The molecule has 0 saturated carbocycles. The predicted molar refractivity (Wildman–Crippen MR) is 87.5 cm³/mol. The molecule has 0 bridgehead atoms. The molecule has 2 nitrogen and oxygen atoms in total. The molecular weight excluding hydrogens is 266 g/mol. The van der Waals surface area contributed by atoms with Crippen LogP contribution in [0.15, 0.2) is 66.1 Å². The molecule has 0 aromatic heterocycles. The summed E-state index contributed by atoms with van der Waals surface area (Å²) >= 11 is 1.76. The number of hydrogen-bond acceptors (Lipinski definition) is 3. The van der Waals surface area contributed by atoms with E-state index in [4.69, 9.17) is 0 Å². The van der Waals surface area contributed by atoms with Crippen molar-refractivity contribution >= 4 is 17.4 Å². The molecule has 0 aliphatic rings. The van der Waals surface area contributed by atoms with Crippen molar-refractivity contribution in [2.45, 2.75) is 17.9 Å². The highest BCUT2D eigenvalue weighted by Gasteiger charge is 2.08. The summed E-state index contributed by atoms with van der Waals surface area (Å²) in [6.07, 6.45) is 1.90. The Kier molecular flexibility index (Phi) is 5.13. The van der Waals surface area contributed by atoms with Crippen molar-refractivity contribution in [2.24, 2.45) is 0 Å². The van der Waals surface area contributed by atoms with Crippen LogP contribution in [0.3, 0.4) is 0 Å². The zero-order chi connectivity index (χ0) is 14.4. The van der Waals surface area contributed by atoms with Gasteiger partial charge >= 0.3 is 0 Å². The van der Waals surface area contributed by atoms with Gasteiger partial charge in [0.05, 0.1) is 0 Å². The largest absolute Gasteiger partial charge is 0.508 e. The second-order valence-electron chi connectivity index (χ2n) is 4.56. The molecule has 2 aromatic rings. The zero-order valence-electron chi connectivity index (χ0n) is 11.5. The van der Waals surface area contributed by atoms with Crippen LogP contribution >= 0.6 is 11.8 Å². The number of phenols is 1. The number of para-hydroxylation sites is 1. The average molecular weight is 285 g/mol. The van der Waals surface area contributed by atoms with Crippen LogP contribution in [-0.4, -0.2) is 10.9 Å². The number of hydrogen-bond donors (Lipinski definition) is 2. The second-order valence-corrected chi connectivity index (χ2v) is 5.62. The third-order valence-electron chi connectivity index (χ3n) is 2.99. The molecule has 0 fully saturated rings. The average Bonchev–Trinajstić information content (AvgIpc) is 2.46. The van der Waals surface area contributed by atoms with Crippen molar-refractivity contribution in [1.29, 1.82) is 0 Å². The predicted octanol–water partition coefficient (Wildman–Crippen LogP) is 4.84. The molecule has 2 rings (SSSR count). The summed E-state index contributed by atoms with van der Waals surface area (Å²) in [6, 6.07) is 15.7. The fourth-order valence-corrected chi connectivity index (χ4v) is 2.73. The van der Waals surface area contributed by atoms with Crippen molar-refractivity contribution < 1.29 is 5.11 Å². The SMILES string of the molecule is C=CCSc1ccccc1NC(C)c1cccc(O)c1. The molecule has 1 unspecified atom stereocenters. The Morgan fingerprint density at radius 1 is 1.25 bits per heavy atom. The molecule has 20 heavy (non-hydrogen) atoms. The molecule has 0 amide bonds. The van der Waals surface area contributed by atoms with Crippen LogP contribution in [0.4, 0.5) is 5.69 Å². The van der Waals surface area contributed by atoms with Gasteiger partial charge in [-0.05, 0) is 36.8 Å². The Morgan fingerprint density at radius 3 is 2.80 bits per heavy atom. The smallest absolute Gasteiger partial charge is 0.115 e. The van der Waals surface area contributed by atoms with E-state index < -0.39 is 0 Å². The van der Waals surface area contributed by atoms with Crippen LogP contribution in [0.5, 0.6) is 5.75 Å². The first-order valence-electron chi connectivity index (χ1n) is 6.59. The van der Waals surface area contributed by atoms with Crippen molar-refractivity contribution in [3.05, 3.63) is 66.7 Å². The molecule has 0 saturated heterocycles. The molecule has 0 heterocycles. The van der Waals surface area contributed by atoms with E-state index in [2.05, 4.69) is 31.0 Å². The van der Waals surface area contributed by atoms with Gasteiger partial charge in [-0.1, -0.05) is 30.3 Å². The highest BCUT2D eigenvalue weighted by molar-refractivity contribution is 7.99. The summed E-state index contributed by atoms with van der Waals surface area (Å²) in [5.41, 5.74) is 2.17. The molecule has 1 atom stereocenters.